The van der Waals surface area contributed by atoms with Gasteiger partial charge in [-0.05, 0) is 42.7 Å². The van der Waals surface area contributed by atoms with Gasteiger partial charge in [-0.2, -0.15) is 26.3 Å². The van der Waals surface area contributed by atoms with Crippen LogP contribution in [0.1, 0.15) is 41.5 Å². The molecule has 1 N–H and O–H groups in total. The molecule has 1 heterocycles. The first-order valence-corrected chi connectivity index (χ1v) is 10.5. The molecule has 0 bridgehead atoms. The molecule has 33 heavy (non-hydrogen) atoms. The lowest BCUT2D eigenvalue weighted by atomic mass is 9.88. The van der Waals surface area contributed by atoms with E-state index in [0.717, 1.165) is 5.56 Å². The van der Waals surface area contributed by atoms with E-state index in [1.807, 2.05) is 30.3 Å². The summed E-state index contributed by atoms with van der Waals surface area (Å²) in [6, 6.07) is 10.4. The molecule has 180 valence electrons. The number of hydrogen-bond donors (Lipinski definition) is 1. The van der Waals surface area contributed by atoms with E-state index in [1.165, 1.54) is 0 Å². The van der Waals surface area contributed by atoms with E-state index in [-0.39, 0.29) is 23.6 Å². The van der Waals surface area contributed by atoms with Gasteiger partial charge in [0.2, 0.25) is 0 Å². The van der Waals surface area contributed by atoms with Crippen molar-refractivity contribution in [3.05, 3.63) is 70.8 Å². The summed E-state index contributed by atoms with van der Waals surface area (Å²) >= 11 is 0. The molecule has 1 fully saturated rings. The number of nitrogens with zero attached hydrogens (tertiary/aromatic N) is 1. The van der Waals surface area contributed by atoms with Crippen molar-refractivity contribution in [1.29, 1.82) is 0 Å². The van der Waals surface area contributed by atoms with Crippen LogP contribution in [0.2, 0.25) is 0 Å². The topological polar surface area (TPSA) is 41.6 Å². The van der Waals surface area contributed by atoms with E-state index in [1.54, 1.807) is 11.8 Å². The van der Waals surface area contributed by atoms with E-state index >= 15 is 0 Å². The second-order valence-electron chi connectivity index (χ2n) is 7.85. The highest BCUT2D eigenvalue weighted by Gasteiger charge is 2.37. The summed E-state index contributed by atoms with van der Waals surface area (Å²) in [4.78, 5) is 13.9. The van der Waals surface area contributed by atoms with Crippen molar-refractivity contribution < 1.29 is 35.9 Å². The Kier molecular flexibility index (Phi) is 7.56. The molecule has 0 aromatic heterocycles. The fourth-order valence-corrected chi connectivity index (χ4v) is 3.90. The average Bonchev–Trinajstić information content (AvgIpc) is 2.77. The molecule has 1 saturated heterocycles. The van der Waals surface area contributed by atoms with Crippen molar-refractivity contribution in [1.82, 2.24) is 10.2 Å². The molecule has 10 heteroatoms. The largest absolute Gasteiger partial charge is 0.416 e. The van der Waals surface area contributed by atoms with Gasteiger partial charge < -0.3 is 15.0 Å². The minimum absolute atomic E-state index is 0.0983. The number of likely N-dealkylation sites (tertiary alicyclic amines) is 1. The summed E-state index contributed by atoms with van der Waals surface area (Å²) < 4.78 is 84.7. The second kappa shape index (κ2) is 10.0. The Morgan fingerprint density at radius 2 is 1.64 bits per heavy atom. The van der Waals surface area contributed by atoms with Crippen molar-refractivity contribution >= 4 is 6.03 Å². The Hall–Kier alpha value is -2.75. The van der Waals surface area contributed by atoms with E-state index in [2.05, 4.69) is 5.32 Å². The first-order chi connectivity index (χ1) is 15.5. The van der Waals surface area contributed by atoms with Crippen LogP contribution in [0.15, 0.2) is 48.5 Å². The maximum atomic E-state index is 13.1. The van der Waals surface area contributed by atoms with E-state index in [9.17, 15) is 31.1 Å². The minimum atomic E-state index is -4.92. The smallest absolute Gasteiger partial charge is 0.373 e. The van der Waals surface area contributed by atoms with Crippen molar-refractivity contribution in [2.45, 2.75) is 44.3 Å². The quantitative estimate of drug-likeness (QED) is 0.555. The molecule has 4 nitrogen and oxygen atoms in total. The van der Waals surface area contributed by atoms with Crippen LogP contribution in [0.5, 0.6) is 0 Å². The Morgan fingerprint density at radius 3 is 2.18 bits per heavy atom. The molecule has 0 aliphatic carbocycles. The number of carbonyl (C=O) groups excluding carboxylic acids is 1. The predicted molar refractivity (Wildman–Crippen MR) is 109 cm³/mol. The van der Waals surface area contributed by atoms with Gasteiger partial charge in [-0.1, -0.05) is 30.3 Å². The molecular weight excluding hydrogens is 450 g/mol. The first-order valence-electron chi connectivity index (χ1n) is 10.5. The van der Waals surface area contributed by atoms with Crippen LogP contribution in [-0.2, 0) is 23.7 Å². The van der Waals surface area contributed by atoms with Gasteiger partial charge in [0.25, 0.3) is 0 Å². The number of nitrogens with one attached hydrogen (secondary N) is 1. The molecule has 0 spiro atoms. The summed E-state index contributed by atoms with van der Waals surface area (Å²) in [5.74, 6) is -0.282. The fourth-order valence-electron chi connectivity index (χ4n) is 3.90. The normalized spacial score (nSPS) is 19.4. The number of ether oxygens (including phenoxy) is 1. The molecule has 1 aliphatic rings. The van der Waals surface area contributed by atoms with Gasteiger partial charge in [0.1, 0.15) is 0 Å². The lowest BCUT2D eigenvalue weighted by Gasteiger charge is -2.38. The van der Waals surface area contributed by atoms with Crippen molar-refractivity contribution in [2.75, 3.05) is 19.6 Å². The second-order valence-corrected chi connectivity index (χ2v) is 7.85. The third-order valence-corrected chi connectivity index (χ3v) is 5.50. The Balaban J connectivity index is 1.82. The maximum absolute atomic E-state index is 13.1. The highest BCUT2D eigenvalue weighted by Crippen LogP contribution is 2.37. The van der Waals surface area contributed by atoms with Gasteiger partial charge in [-0.25, -0.2) is 4.79 Å². The van der Waals surface area contributed by atoms with Crippen LogP contribution in [0.25, 0.3) is 0 Å². The van der Waals surface area contributed by atoms with Crippen LogP contribution in [-0.4, -0.2) is 36.7 Å². The average molecular weight is 474 g/mol. The van der Waals surface area contributed by atoms with Crippen LogP contribution >= 0.6 is 0 Å². The number of piperidine rings is 1. The van der Waals surface area contributed by atoms with E-state index in [4.69, 9.17) is 4.74 Å². The monoisotopic (exact) mass is 474 g/mol. The molecule has 0 saturated carbocycles. The molecule has 2 amide bonds. The molecule has 2 unspecified atom stereocenters. The number of rotatable bonds is 5. The SMILES string of the molecule is CCNC(=O)N1CCC(OCc2cc(C(F)(F)F)cc(C(F)(F)F)c2)C(c2ccccc2)C1. The molecule has 2 aromatic carbocycles. The zero-order valence-electron chi connectivity index (χ0n) is 17.8. The Labute approximate surface area is 187 Å². The highest BCUT2D eigenvalue weighted by atomic mass is 19.4. The number of urea groups is 1. The van der Waals surface area contributed by atoms with Gasteiger partial charge in [-0.15, -0.1) is 0 Å². The van der Waals surface area contributed by atoms with Crippen LogP contribution in [0.4, 0.5) is 31.1 Å². The van der Waals surface area contributed by atoms with Gasteiger partial charge >= 0.3 is 18.4 Å². The third-order valence-electron chi connectivity index (χ3n) is 5.50. The Bertz CT molecular complexity index is 914. The third kappa shape index (κ3) is 6.40. The van der Waals surface area contributed by atoms with Crippen LogP contribution in [0.3, 0.4) is 0 Å². The van der Waals surface area contributed by atoms with Crippen LogP contribution < -0.4 is 5.32 Å². The van der Waals surface area contributed by atoms with Gasteiger partial charge in [0.05, 0.1) is 23.8 Å². The molecule has 1 aliphatic heterocycles. The van der Waals surface area contributed by atoms with Gasteiger partial charge in [0, 0.05) is 25.6 Å². The maximum Gasteiger partial charge on any atom is 0.416 e. The number of benzene rings is 2. The van der Waals surface area contributed by atoms with Gasteiger partial charge in [0.15, 0.2) is 0 Å². The minimum Gasteiger partial charge on any atom is -0.373 e. The van der Waals surface area contributed by atoms with Crippen molar-refractivity contribution in [3.8, 4) is 0 Å². The van der Waals surface area contributed by atoms with Crippen LogP contribution in [0, 0.1) is 0 Å². The molecule has 2 aromatic rings. The molecule has 3 rings (SSSR count). The Morgan fingerprint density at radius 1 is 1.03 bits per heavy atom. The standard InChI is InChI=1S/C23H24F6N2O2/c1-2-30-21(32)31-9-8-20(19(13-31)16-6-4-3-5-7-16)33-14-15-10-17(22(24,25)26)12-18(11-15)23(27,28)29/h3-7,10-12,19-20H,2,8-9,13-14H2,1H3,(H,30,32). The fraction of sp³-hybridized carbons (Fsp3) is 0.435. The highest BCUT2D eigenvalue weighted by molar-refractivity contribution is 5.74. The zero-order chi connectivity index (χ0) is 24.2. The summed E-state index contributed by atoms with van der Waals surface area (Å²) in [6.45, 7) is 2.52. The number of amides is 2. The van der Waals surface area contributed by atoms with Crippen molar-refractivity contribution in [2.24, 2.45) is 0 Å². The first kappa shape index (κ1) is 24.9. The van der Waals surface area contributed by atoms with E-state index in [0.29, 0.717) is 38.2 Å². The lowest BCUT2D eigenvalue weighted by molar-refractivity contribution is -0.143. The summed E-state index contributed by atoms with van der Waals surface area (Å²) in [5.41, 5.74) is -2.09. The molecular formula is C23H24F6N2O2. The zero-order valence-corrected chi connectivity index (χ0v) is 17.8. The number of hydrogen-bond acceptors (Lipinski definition) is 2. The number of carbonyl (C=O) groups is 1. The molecule has 2 atom stereocenters. The number of halogens is 6. The summed E-state index contributed by atoms with van der Waals surface area (Å²) in [6.07, 6.45) is -9.93. The summed E-state index contributed by atoms with van der Waals surface area (Å²) in [5, 5.41) is 2.73. The predicted octanol–water partition coefficient (Wildman–Crippen LogP) is 5.83. The lowest BCUT2D eigenvalue weighted by Crippen LogP contribution is -2.49. The van der Waals surface area contributed by atoms with Gasteiger partial charge in [-0.3, -0.25) is 0 Å². The van der Waals surface area contributed by atoms with Crippen molar-refractivity contribution in [3.63, 3.8) is 0 Å². The molecule has 0 radical (unpaired) electrons. The van der Waals surface area contributed by atoms with E-state index < -0.39 is 36.2 Å². The number of alkyl halides is 6. The summed E-state index contributed by atoms with van der Waals surface area (Å²) in [7, 11) is 0.